The van der Waals surface area contributed by atoms with Crippen LogP contribution in [-0.2, 0) is 6.54 Å². The van der Waals surface area contributed by atoms with Crippen LogP contribution in [0.25, 0.3) is 0 Å². The van der Waals surface area contributed by atoms with E-state index < -0.39 is 4.92 Å². The van der Waals surface area contributed by atoms with E-state index in [4.69, 9.17) is 0 Å². The normalized spacial score (nSPS) is 11.9. The first kappa shape index (κ1) is 16.9. The number of nitrogens with zero attached hydrogens (tertiary/aromatic N) is 1. The summed E-state index contributed by atoms with van der Waals surface area (Å²) in [7, 11) is 1.66. The zero-order valence-corrected chi connectivity index (χ0v) is 13.0. The Morgan fingerprint density at radius 2 is 1.96 bits per heavy atom. The summed E-state index contributed by atoms with van der Waals surface area (Å²) in [5, 5.41) is 26.5. The Labute approximate surface area is 135 Å². The second-order valence-corrected chi connectivity index (χ2v) is 5.22. The number of nitrogens with one attached hydrogen (secondary N) is 2. The SMILES string of the molecule is CNc1ccc(CN[C@H](CCO)c2ccccc2)cc1[N+](=O)[O-]. The number of nitro groups is 1. The molecule has 6 nitrogen and oxygen atoms in total. The molecule has 0 aliphatic carbocycles. The van der Waals surface area contributed by atoms with Gasteiger partial charge in [-0.15, -0.1) is 0 Å². The summed E-state index contributed by atoms with van der Waals surface area (Å²) in [4.78, 5) is 10.7. The van der Waals surface area contributed by atoms with Crippen molar-refractivity contribution < 1.29 is 10.0 Å². The molecule has 0 heterocycles. The number of benzene rings is 2. The first-order valence-electron chi connectivity index (χ1n) is 7.50. The van der Waals surface area contributed by atoms with Gasteiger partial charge in [0.25, 0.3) is 5.69 Å². The van der Waals surface area contributed by atoms with Crippen molar-refractivity contribution in [2.45, 2.75) is 19.0 Å². The van der Waals surface area contributed by atoms with Crippen LogP contribution in [0.15, 0.2) is 48.5 Å². The van der Waals surface area contributed by atoms with Gasteiger partial charge >= 0.3 is 0 Å². The fourth-order valence-corrected chi connectivity index (χ4v) is 2.49. The highest BCUT2D eigenvalue weighted by Gasteiger charge is 2.15. The van der Waals surface area contributed by atoms with Crippen molar-refractivity contribution in [3.8, 4) is 0 Å². The van der Waals surface area contributed by atoms with Gasteiger partial charge in [-0.05, 0) is 23.6 Å². The van der Waals surface area contributed by atoms with Crippen LogP contribution in [0.1, 0.15) is 23.6 Å². The first-order valence-corrected chi connectivity index (χ1v) is 7.50. The molecule has 0 spiro atoms. The van der Waals surface area contributed by atoms with Gasteiger partial charge in [0, 0.05) is 32.3 Å². The van der Waals surface area contributed by atoms with E-state index in [1.165, 1.54) is 0 Å². The lowest BCUT2D eigenvalue weighted by molar-refractivity contribution is -0.384. The first-order chi connectivity index (χ1) is 11.2. The standard InChI is InChI=1S/C17H21N3O3/c1-18-16-8-7-13(11-17(16)20(22)23)12-19-15(9-10-21)14-5-3-2-4-6-14/h2-8,11,15,18-19,21H,9-10,12H2,1H3/t15-/m1/s1. The van der Waals surface area contributed by atoms with Crippen LogP contribution in [0.4, 0.5) is 11.4 Å². The molecular weight excluding hydrogens is 294 g/mol. The van der Waals surface area contributed by atoms with E-state index >= 15 is 0 Å². The molecule has 3 N–H and O–H groups in total. The molecule has 0 saturated heterocycles. The molecule has 0 saturated carbocycles. The Morgan fingerprint density at radius 1 is 1.22 bits per heavy atom. The highest BCUT2D eigenvalue weighted by molar-refractivity contribution is 5.62. The summed E-state index contributed by atoms with van der Waals surface area (Å²) in [5.74, 6) is 0. The molecule has 2 aromatic carbocycles. The smallest absolute Gasteiger partial charge is 0.292 e. The molecule has 2 aromatic rings. The van der Waals surface area contributed by atoms with E-state index in [2.05, 4.69) is 10.6 Å². The van der Waals surface area contributed by atoms with Gasteiger partial charge in [-0.1, -0.05) is 36.4 Å². The van der Waals surface area contributed by atoms with Crippen molar-refractivity contribution in [3.05, 3.63) is 69.8 Å². The van der Waals surface area contributed by atoms with Crippen molar-refractivity contribution in [1.82, 2.24) is 5.32 Å². The molecule has 0 radical (unpaired) electrons. The Morgan fingerprint density at radius 3 is 2.57 bits per heavy atom. The van der Waals surface area contributed by atoms with Gasteiger partial charge in [-0.2, -0.15) is 0 Å². The third-order valence-corrected chi connectivity index (χ3v) is 3.70. The predicted molar refractivity (Wildman–Crippen MR) is 90.4 cm³/mol. The lowest BCUT2D eigenvalue weighted by Crippen LogP contribution is -2.22. The number of anilines is 1. The van der Waals surface area contributed by atoms with Gasteiger partial charge in [0.05, 0.1) is 4.92 Å². The van der Waals surface area contributed by atoms with Crippen LogP contribution in [0, 0.1) is 10.1 Å². The quantitative estimate of drug-likeness (QED) is 0.515. The van der Waals surface area contributed by atoms with Gasteiger partial charge in [0.15, 0.2) is 0 Å². The van der Waals surface area contributed by atoms with E-state index in [-0.39, 0.29) is 18.3 Å². The molecule has 122 valence electrons. The van der Waals surface area contributed by atoms with Crippen LogP contribution >= 0.6 is 0 Å². The summed E-state index contributed by atoms with van der Waals surface area (Å²) in [5.41, 5.74) is 2.47. The maximum absolute atomic E-state index is 11.1. The lowest BCUT2D eigenvalue weighted by atomic mass is 10.0. The summed E-state index contributed by atoms with van der Waals surface area (Å²) < 4.78 is 0. The molecule has 0 bridgehead atoms. The zero-order valence-electron chi connectivity index (χ0n) is 13.0. The number of hydrogen-bond donors (Lipinski definition) is 3. The fourth-order valence-electron chi connectivity index (χ4n) is 2.49. The monoisotopic (exact) mass is 315 g/mol. The number of nitro benzene ring substituents is 1. The summed E-state index contributed by atoms with van der Waals surface area (Å²) >= 11 is 0. The summed E-state index contributed by atoms with van der Waals surface area (Å²) in [6.45, 7) is 0.565. The Kier molecular flexibility index (Phi) is 6.08. The molecule has 0 unspecified atom stereocenters. The van der Waals surface area contributed by atoms with Gasteiger partial charge < -0.3 is 15.7 Å². The van der Waals surface area contributed by atoms with Crippen LogP contribution in [0.5, 0.6) is 0 Å². The second kappa shape index (κ2) is 8.26. The van der Waals surface area contributed by atoms with Gasteiger partial charge in [0.2, 0.25) is 0 Å². The molecule has 0 aliphatic rings. The van der Waals surface area contributed by atoms with E-state index in [1.807, 2.05) is 36.4 Å². The average Bonchev–Trinajstić information content (AvgIpc) is 2.59. The maximum atomic E-state index is 11.1. The van der Waals surface area contributed by atoms with Crippen molar-refractivity contribution in [2.75, 3.05) is 19.0 Å². The molecule has 6 heteroatoms. The van der Waals surface area contributed by atoms with Crippen LogP contribution < -0.4 is 10.6 Å². The zero-order chi connectivity index (χ0) is 16.7. The number of aliphatic hydroxyl groups is 1. The fraction of sp³-hybridized carbons (Fsp3) is 0.294. The molecule has 23 heavy (non-hydrogen) atoms. The van der Waals surface area contributed by atoms with Crippen LogP contribution in [0.3, 0.4) is 0 Å². The molecule has 0 aromatic heterocycles. The molecule has 1 atom stereocenters. The number of hydrogen-bond acceptors (Lipinski definition) is 5. The molecule has 2 rings (SSSR count). The maximum Gasteiger partial charge on any atom is 0.292 e. The van der Waals surface area contributed by atoms with Gasteiger partial charge in [-0.25, -0.2) is 0 Å². The molecule has 0 fully saturated rings. The van der Waals surface area contributed by atoms with Gasteiger partial charge in [0.1, 0.15) is 5.69 Å². The minimum atomic E-state index is -0.391. The van der Waals surface area contributed by atoms with Crippen molar-refractivity contribution in [1.29, 1.82) is 0 Å². The summed E-state index contributed by atoms with van der Waals surface area (Å²) in [6.07, 6.45) is 0.584. The predicted octanol–water partition coefficient (Wildman–Crippen LogP) is 2.85. The van der Waals surface area contributed by atoms with Crippen LogP contribution in [-0.4, -0.2) is 23.7 Å². The van der Waals surface area contributed by atoms with Gasteiger partial charge in [-0.3, -0.25) is 10.1 Å². The van der Waals surface area contributed by atoms with E-state index in [1.54, 1.807) is 19.2 Å². The Hall–Kier alpha value is -2.44. The molecule has 0 aliphatic heterocycles. The second-order valence-electron chi connectivity index (χ2n) is 5.22. The van der Waals surface area contributed by atoms with E-state index in [0.29, 0.717) is 18.7 Å². The molecule has 0 amide bonds. The Balaban J connectivity index is 2.12. The topological polar surface area (TPSA) is 87.4 Å². The largest absolute Gasteiger partial charge is 0.396 e. The van der Waals surface area contributed by atoms with Crippen LogP contribution in [0.2, 0.25) is 0 Å². The minimum absolute atomic E-state index is 0.00392. The highest BCUT2D eigenvalue weighted by Crippen LogP contribution is 2.25. The number of aliphatic hydroxyl groups excluding tert-OH is 1. The third kappa shape index (κ3) is 4.51. The summed E-state index contributed by atoms with van der Waals surface area (Å²) in [6, 6.07) is 15.0. The lowest BCUT2D eigenvalue weighted by Gasteiger charge is -2.18. The highest BCUT2D eigenvalue weighted by atomic mass is 16.6. The Bertz CT molecular complexity index is 647. The number of rotatable bonds is 8. The molecular formula is C17H21N3O3. The van der Waals surface area contributed by atoms with Crippen molar-refractivity contribution in [2.24, 2.45) is 0 Å². The van der Waals surface area contributed by atoms with E-state index in [9.17, 15) is 15.2 Å². The van der Waals surface area contributed by atoms with E-state index in [0.717, 1.165) is 11.1 Å². The average molecular weight is 315 g/mol. The third-order valence-electron chi connectivity index (χ3n) is 3.70. The minimum Gasteiger partial charge on any atom is -0.396 e. The van der Waals surface area contributed by atoms with Crippen molar-refractivity contribution in [3.63, 3.8) is 0 Å². The van der Waals surface area contributed by atoms with Crippen molar-refractivity contribution >= 4 is 11.4 Å².